The quantitative estimate of drug-likeness (QED) is 0.561. The monoisotopic (exact) mass is 392 g/mol. The van der Waals surface area contributed by atoms with E-state index in [9.17, 15) is 4.79 Å². The average Bonchev–Trinajstić information content (AvgIpc) is 2.77. The van der Waals surface area contributed by atoms with E-state index < -0.39 is 0 Å². The highest BCUT2D eigenvalue weighted by atomic mass is 16.5. The zero-order chi connectivity index (χ0) is 20.5. The molecular weight excluding hydrogens is 368 g/mol. The molecule has 2 aromatic carbocycles. The first-order valence-electron chi connectivity index (χ1n) is 9.34. The van der Waals surface area contributed by atoms with E-state index in [0.717, 1.165) is 16.9 Å². The molecule has 150 valence electrons. The van der Waals surface area contributed by atoms with Crippen molar-refractivity contribution in [1.82, 2.24) is 10.3 Å². The number of methoxy groups -OCH3 is 1. The predicted molar refractivity (Wildman–Crippen MR) is 111 cm³/mol. The smallest absolute Gasteiger partial charge is 0.251 e. The topological polar surface area (TPSA) is 69.7 Å². The number of nitrogens with zero attached hydrogens (tertiary/aromatic N) is 1. The molecule has 3 aromatic rings. The Morgan fingerprint density at radius 1 is 1.00 bits per heavy atom. The second-order valence-corrected chi connectivity index (χ2v) is 6.38. The first kappa shape index (κ1) is 20.2. The molecule has 0 aliphatic heterocycles. The third-order valence-corrected chi connectivity index (χ3v) is 4.27. The number of carbonyl (C=O) groups excluding carboxylic acids is 1. The van der Waals surface area contributed by atoms with Gasteiger partial charge < -0.3 is 19.5 Å². The van der Waals surface area contributed by atoms with Crippen LogP contribution in [0.5, 0.6) is 17.4 Å². The number of aryl methyl sites for hydroxylation is 1. The van der Waals surface area contributed by atoms with E-state index >= 15 is 0 Å². The minimum absolute atomic E-state index is 0.165. The Morgan fingerprint density at radius 3 is 2.52 bits per heavy atom. The van der Waals surface area contributed by atoms with E-state index in [1.165, 1.54) is 0 Å². The van der Waals surface area contributed by atoms with Gasteiger partial charge in [0.25, 0.3) is 5.91 Å². The second-order valence-electron chi connectivity index (χ2n) is 6.38. The average molecular weight is 392 g/mol. The molecule has 3 rings (SSSR count). The van der Waals surface area contributed by atoms with Gasteiger partial charge in [-0.3, -0.25) is 4.79 Å². The van der Waals surface area contributed by atoms with Gasteiger partial charge in [-0.15, -0.1) is 0 Å². The highest BCUT2D eigenvalue weighted by Crippen LogP contribution is 2.19. The number of ether oxygens (including phenoxy) is 3. The molecule has 1 heterocycles. The Morgan fingerprint density at radius 2 is 1.79 bits per heavy atom. The second kappa shape index (κ2) is 10.1. The molecule has 0 saturated heterocycles. The molecular formula is C23H24N2O4. The molecule has 29 heavy (non-hydrogen) atoms. The van der Waals surface area contributed by atoms with Crippen molar-refractivity contribution in [3.8, 4) is 17.4 Å². The summed E-state index contributed by atoms with van der Waals surface area (Å²) in [5.74, 6) is 1.85. The summed E-state index contributed by atoms with van der Waals surface area (Å²) >= 11 is 0. The molecule has 0 bridgehead atoms. The van der Waals surface area contributed by atoms with Crippen LogP contribution >= 0.6 is 0 Å². The number of para-hydroxylation sites is 1. The molecule has 0 fully saturated rings. The lowest BCUT2D eigenvalue weighted by molar-refractivity contribution is 0.0950. The minimum atomic E-state index is -0.165. The maximum absolute atomic E-state index is 12.3. The van der Waals surface area contributed by atoms with Gasteiger partial charge in [-0.1, -0.05) is 30.3 Å². The summed E-state index contributed by atoms with van der Waals surface area (Å²) in [7, 11) is 1.59. The fourth-order valence-corrected chi connectivity index (χ4v) is 2.67. The van der Waals surface area contributed by atoms with Gasteiger partial charge in [-0.25, -0.2) is 4.98 Å². The summed E-state index contributed by atoms with van der Waals surface area (Å²) in [6.45, 7) is 3.14. The summed E-state index contributed by atoms with van der Waals surface area (Å²) in [5.41, 5.74) is 2.42. The molecule has 1 N–H and O–H groups in total. The van der Waals surface area contributed by atoms with Crippen molar-refractivity contribution in [2.24, 2.45) is 0 Å². The number of rotatable bonds is 9. The number of hydrogen-bond acceptors (Lipinski definition) is 5. The van der Waals surface area contributed by atoms with Crippen LogP contribution in [0.2, 0.25) is 0 Å². The molecule has 0 atom stereocenters. The number of nitrogens with one attached hydrogen (secondary N) is 1. The van der Waals surface area contributed by atoms with E-state index in [1.807, 2.05) is 49.4 Å². The third kappa shape index (κ3) is 5.97. The van der Waals surface area contributed by atoms with E-state index in [1.54, 1.807) is 31.5 Å². The summed E-state index contributed by atoms with van der Waals surface area (Å²) in [4.78, 5) is 16.6. The van der Waals surface area contributed by atoms with Crippen LogP contribution in [0.3, 0.4) is 0 Å². The van der Waals surface area contributed by atoms with Crippen LogP contribution in [0.1, 0.15) is 21.5 Å². The Bertz CT molecular complexity index is 927. The van der Waals surface area contributed by atoms with E-state index in [-0.39, 0.29) is 5.91 Å². The number of pyridine rings is 1. The van der Waals surface area contributed by atoms with Gasteiger partial charge in [0.05, 0.1) is 7.11 Å². The van der Waals surface area contributed by atoms with Gasteiger partial charge >= 0.3 is 0 Å². The SMILES string of the molecule is COc1cc(C(=O)NCc2ccc(OCCOc3ccccc3)nc2)ccc1C. The molecule has 0 radical (unpaired) electrons. The van der Waals surface area contributed by atoms with Crippen LogP contribution in [0.4, 0.5) is 0 Å². The standard InChI is InChI=1S/C23H24N2O4/c1-17-8-10-19(14-21(17)27-2)23(26)25-16-18-9-11-22(24-15-18)29-13-12-28-20-6-4-3-5-7-20/h3-11,14-15H,12-13,16H2,1-2H3,(H,25,26). The number of aromatic nitrogens is 1. The van der Waals surface area contributed by atoms with Crippen LogP contribution in [-0.2, 0) is 6.54 Å². The highest BCUT2D eigenvalue weighted by Gasteiger charge is 2.08. The first-order chi connectivity index (χ1) is 14.2. The normalized spacial score (nSPS) is 10.3. The zero-order valence-corrected chi connectivity index (χ0v) is 16.6. The molecule has 6 heteroatoms. The van der Waals surface area contributed by atoms with Crippen LogP contribution in [0.25, 0.3) is 0 Å². The lowest BCUT2D eigenvalue weighted by Gasteiger charge is -2.10. The summed E-state index contributed by atoms with van der Waals surface area (Å²) in [6, 6.07) is 18.6. The van der Waals surface area contributed by atoms with Crippen LogP contribution in [0.15, 0.2) is 66.9 Å². The lowest BCUT2D eigenvalue weighted by atomic mass is 10.1. The van der Waals surface area contributed by atoms with Crippen molar-refractivity contribution >= 4 is 5.91 Å². The third-order valence-electron chi connectivity index (χ3n) is 4.27. The van der Waals surface area contributed by atoms with Crippen molar-refractivity contribution in [1.29, 1.82) is 0 Å². The molecule has 0 aliphatic rings. The maximum Gasteiger partial charge on any atom is 0.251 e. The lowest BCUT2D eigenvalue weighted by Crippen LogP contribution is -2.23. The van der Waals surface area contributed by atoms with E-state index in [4.69, 9.17) is 14.2 Å². The zero-order valence-electron chi connectivity index (χ0n) is 16.6. The molecule has 0 aliphatic carbocycles. The van der Waals surface area contributed by atoms with Crippen LogP contribution in [-0.4, -0.2) is 31.2 Å². The van der Waals surface area contributed by atoms with E-state index in [2.05, 4.69) is 10.3 Å². The molecule has 1 amide bonds. The molecule has 0 saturated carbocycles. The van der Waals surface area contributed by atoms with Crippen molar-refractivity contribution < 1.29 is 19.0 Å². The number of benzene rings is 2. The van der Waals surface area contributed by atoms with Gasteiger partial charge in [0.15, 0.2) is 0 Å². The summed E-state index contributed by atoms with van der Waals surface area (Å²) in [6.07, 6.45) is 1.68. The largest absolute Gasteiger partial charge is 0.496 e. The number of carbonyl (C=O) groups is 1. The Labute approximate surface area is 170 Å². The maximum atomic E-state index is 12.3. The first-order valence-corrected chi connectivity index (χ1v) is 9.34. The van der Waals surface area contributed by atoms with Crippen LogP contribution in [0, 0.1) is 6.92 Å². The van der Waals surface area contributed by atoms with Gasteiger partial charge in [0, 0.05) is 24.4 Å². The molecule has 1 aromatic heterocycles. The highest BCUT2D eigenvalue weighted by molar-refractivity contribution is 5.94. The summed E-state index contributed by atoms with van der Waals surface area (Å²) in [5, 5.41) is 2.88. The molecule has 6 nitrogen and oxygen atoms in total. The number of amides is 1. The fourth-order valence-electron chi connectivity index (χ4n) is 2.67. The fraction of sp³-hybridized carbons (Fsp3) is 0.217. The van der Waals surface area contributed by atoms with E-state index in [0.29, 0.717) is 37.0 Å². The minimum Gasteiger partial charge on any atom is -0.496 e. The number of hydrogen-bond donors (Lipinski definition) is 1. The van der Waals surface area contributed by atoms with Crippen molar-refractivity contribution in [3.05, 3.63) is 83.6 Å². The summed E-state index contributed by atoms with van der Waals surface area (Å²) < 4.78 is 16.4. The van der Waals surface area contributed by atoms with Gasteiger partial charge in [0.2, 0.25) is 5.88 Å². The van der Waals surface area contributed by atoms with Gasteiger partial charge in [0.1, 0.15) is 24.7 Å². The van der Waals surface area contributed by atoms with Crippen molar-refractivity contribution in [2.45, 2.75) is 13.5 Å². The molecule has 0 spiro atoms. The Hall–Kier alpha value is -3.54. The van der Waals surface area contributed by atoms with Gasteiger partial charge in [-0.05, 0) is 42.3 Å². The molecule has 0 unspecified atom stereocenters. The van der Waals surface area contributed by atoms with Crippen molar-refractivity contribution in [2.75, 3.05) is 20.3 Å². The Kier molecular flexibility index (Phi) is 7.05. The van der Waals surface area contributed by atoms with Crippen molar-refractivity contribution in [3.63, 3.8) is 0 Å². The van der Waals surface area contributed by atoms with Crippen LogP contribution < -0.4 is 19.5 Å². The van der Waals surface area contributed by atoms with Gasteiger partial charge in [-0.2, -0.15) is 0 Å². The Balaban J connectivity index is 1.43. The predicted octanol–water partition coefficient (Wildman–Crippen LogP) is 3.79.